The average Bonchev–Trinajstić information content (AvgIpc) is 3.56. The third-order valence-electron chi connectivity index (χ3n) is 6.50. The third-order valence-corrected chi connectivity index (χ3v) is 6.50. The molecule has 0 spiro atoms. The fraction of sp³-hybridized carbons (Fsp3) is 0.280. The van der Waals surface area contributed by atoms with E-state index in [4.69, 9.17) is 8.94 Å². The first-order chi connectivity index (χ1) is 16.7. The second-order valence-corrected chi connectivity index (χ2v) is 8.65. The highest BCUT2D eigenvalue weighted by Gasteiger charge is 2.26. The molecule has 5 aromatic rings. The summed E-state index contributed by atoms with van der Waals surface area (Å²) < 4.78 is 13.4. The van der Waals surface area contributed by atoms with Crippen molar-refractivity contribution in [1.82, 2.24) is 29.8 Å². The predicted molar refractivity (Wildman–Crippen MR) is 126 cm³/mol. The summed E-state index contributed by atoms with van der Waals surface area (Å²) in [4.78, 5) is 17.8. The van der Waals surface area contributed by atoms with Crippen LogP contribution < -0.4 is 5.69 Å². The molecular weight excluding hydrogens is 432 g/mol. The molecule has 1 fully saturated rings. The van der Waals surface area contributed by atoms with Gasteiger partial charge in [-0.05, 0) is 31.9 Å². The number of likely N-dealkylation sites (tertiary alicyclic amines) is 1. The maximum atomic E-state index is 12.5. The van der Waals surface area contributed by atoms with Gasteiger partial charge in [-0.3, -0.25) is 9.47 Å². The zero-order chi connectivity index (χ0) is 23.1. The van der Waals surface area contributed by atoms with Crippen LogP contribution in [0, 0.1) is 6.92 Å². The molecule has 1 saturated heterocycles. The number of nitrogens with one attached hydrogen (secondary N) is 1. The minimum atomic E-state index is -0.0421. The van der Waals surface area contributed by atoms with Crippen molar-refractivity contribution in [2.45, 2.75) is 32.4 Å². The molecule has 0 amide bonds. The molecule has 3 aromatic heterocycles. The SMILES string of the molecule is Cc1onc(-c2ccccc2)c1-c1nnc(CN2CCC(n3c(=O)[nH]c4ccccc43)CC2)o1. The Morgan fingerprint density at radius 3 is 2.62 bits per heavy atom. The maximum Gasteiger partial charge on any atom is 0.326 e. The van der Waals surface area contributed by atoms with E-state index in [1.807, 2.05) is 66.1 Å². The van der Waals surface area contributed by atoms with Crippen LogP contribution in [0.3, 0.4) is 0 Å². The summed E-state index contributed by atoms with van der Waals surface area (Å²) in [5.74, 6) is 1.60. The number of hydrogen-bond acceptors (Lipinski definition) is 7. The number of imidazole rings is 1. The Morgan fingerprint density at radius 1 is 1.03 bits per heavy atom. The number of rotatable bonds is 5. The summed E-state index contributed by atoms with van der Waals surface area (Å²) >= 11 is 0. The van der Waals surface area contributed by atoms with Crippen molar-refractivity contribution in [2.24, 2.45) is 0 Å². The Bertz CT molecular complexity index is 1490. The number of aromatic amines is 1. The molecule has 1 N–H and O–H groups in total. The van der Waals surface area contributed by atoms with Gasteiger partial charge in [-0.25, -0.2) is 4.79 Å². The number of hydrogen-bond donors (Lipinski definition) is 1. The van der Waals surface area contributed by atoms with E-state index in [1.165, 1.54) is 0 Å². The Morgan fingerprint density at radius 2 is 1.79 bits per heavy atom. The lowest BCUT2D eigenvalue weighted by atomic mass is 10.0. The van der Waals surface area contributed by atoms with Crippen LogP contribution in [0.2, 0.25) is 0 Å². The van der Waals surface area contributed by atoms with Gasteiger partial charge in [-0.2, -0.15) is 0 Å². The van der Waals surface area contributed by atoms with E-state index in [0.717, 1.165) is 48.1 Å². The number of benzene rings is 2. The van der Waals surface area contributed by atoms with Crippen molar-refractivity contribution >= 4 is 11.0 Å². The second kappa shape index (κ2) is 8.42. The summed E-state index contributed by atoms with van der Waals surface area (Å²) in [6.45, 7) is 4.09. The maximum absolute atomic E-state index is 12.5. The van der Waals surface area contributed by atoms with Crippen molar-refractivity contribution in [2.75, 3.05) is 13.1 Å². The van der Waals surface area contributed by atoms with Crippen molar-refractivity contribution < 1.29 is 8.94 Å². The molecule has 6 rings (SSSR count). The molecule has 0 unspecified atom stereocenters. The molecule has 34 heavy (non-hydrogen) atoms. The van der Waals surface area contributed by atoms with Gasteiger partial charge in [0.05, 0.1) is 17.6 Å². The predicted octanol–water partition coefficient (Wildman–Crippen LogP) is 4.18. The molecule has 1 aliphatic heterocycles. The number of aromatic nitrogens is 5. The molecule has 2 aromatic carbocycles. The van der Waals surface area contributed by atoms with Gasteiger partial charge >= 0.3 is 5.69 Å². The Balaban J connectivity index is 1.16. The van der Waals surface area contributed by atoms with Gasteiger partial charge in [0, 0.05) is 24.7 Å². The molecule has 0 atom stereocenters. The number of nitrogens with zero attached hydrogens (tertiary/aromatic N) is 5. The molecule has 0 aliphatic carbocycles. The first kappa shape index (κ1) is 20.6. The van der Waals surface area contributed by atoms with Gasteiger partial charge in [0.15, 0.2) is 0 Å². The minimum Gasteiger partial charge on any atom is -0.419 e. The van der Waals surface area contributed by atoms with Crippen LogP contribution in [0.1, 0.15) is 30.5 Å². The van der Waals surface area contributed by atoms with Gasteiger partial charge in [0.2, 0.25) is 5.89 Å². The minimum absolute atomic E-state index is 0.0421. The smallest absolute Gasteiger partial charge is 0.326 e. The topological polar surface area (TPSA) is 106 Å². The summed E-state index contributed by atoms with van der Waals surface area (Å²) in [7, 11) is 0. The lowest BCUT2D eigenvalue weighted by Crippen LogP contribution is -2.36. The van der Waals surface area contributed by atoms with E-state index in [0.29, 0.717) is 29.8 Å². The number of fused-ring (bicyclic) bond motifs is 1. The molecule has 4 heterocycles. The van der Waals surface area contributed by atoms with Crippen molar-refractivity contribution in [3.8, 4) is 22.7 Å². The van der Waals surface area contributed by atoms with Gasteiger partial charge < -0.3 is 13.9 Å². The average molecular weight is 457 g/mol. The first-order valence-corrected chi connectivity index (χ1v) is 11.4. The van der Waals surface area contributed by atoms with Gasteiger partial charge in [0.1, 0.15) is 17.0 Å². The summed E-state index contributed by atoms with van der Waals surface area (Å²) in [6.07, 6.45) is 1.76. The molecule has 0 radical (unpaired) electrons. The van der Waals surface area contributed by atoms with Crippen LogP contribution in [-0.2, 0) is 6.54 Å². The molecule has 0 bridgehead atoms. The van der Waals surface area contributed by atoms with Crippen LogP contribution >= 0.6 is 0 Å². The third kappa shape index (κ3) is 3.63. The van der Waals surface area contributed by atoms with Gasteiger partial charge in [-0.1, -0.05) is 47.6 Å². The number of aryl methyl sites for hydroxylation is 1. The van der Waals surface area contributed by atoms with E-state index in [1.54, 1.807) is 0 Å². The fourth-order valence-corrected chi connectivity index (χ4v) is 4.80. The van der Waals surface area contributed by atoms with Crippen LogP contribution in [0.5, 0.6) is 0 Å². The zero-order valence-electron chi connectivity index (χ0n) is 18.8. The Labute approximate surface area is 195 Å². The molecule has 1 aliphatic rings. The van der Waals surface area contributed by atoms with Crippen molar-refractivity contribution in [3.63, 3.8) is 0 Å². The lowest BCUT2D eigenvalue weighted by molar-refractivity contribution is 0.167. The molecule has 0 saturated carbocycles. The lowest BCUT2D eigenvalue weighted by Gasteiger charge is -2.31. The van der Waals surface area contributed by atoms with Gasteiger partial charge in [0.25, 0.3) is 5.89 Å². The summed E-state index contributed by atoms with van der Waals surface area (Å²) in [5.41, 5.74) is 4.15. The van der Waals surface area contributed by atoms with Crippen molar-refractivity contribution in [1.29, 1.82) is 0 Å². The molecule has 9 nitrogen and oxygen atoms in total. The van der Waals surface area contributed by atoms with Crippen molar-refractivity contribution in [3.05, 3.63) is 76.7 Å². The quantitative estimate of drug-likeness (QED) is 0.423. The fourth-order valence-electron chi connectivity index (χ4n) is 4.80. The van der Waals surface area contributed by atoms with Crippen LogP contribution in [0.25, 0.3) is 33.7 Å². The largest absolute Gasteiger partial charge is 0.419 e. The summed E-state index contributed by atoms with van der Waals surface area (Å²) in [5, 5.41) is 12.8. The standard InChI is InChI=1S/C25H24N6O3/c1-16-22(23(29-34-16)17-7-3-2-4-8-17)24-28-27-21(33-24)15-30-13-11-18(12-14-30)31-20-10-6-5-9-19(20)26-25(31)32/h2-10,18H,11-15H2,1H3,(H,26,32). The summed E-state index contributed by atoms with van der Waals surface area (Å²) in [6, 6.07) is 17.8. The van der Waals surface area contributed by atoms with E-state index in [9.17, 15) is 4.79 Å². The van der Waals surface area contributed by atoms with Crippen LogP contribution in [0.15, 0.2) is 68.3 Å². The Hall–Kier alpha value is -3.98. The second-order valence-electron chi connectivity index (χ2n) is 8.65. The molecular formula is C25H24N6O3. The van der Waals surface area contributed by atoms with Crippen LogP contribution in [-0.4, -0.2) is 42.9 Å². The zero-order valence-corrected chi connectivity index (χ0v) is 18.8. The van der Waals surface area contributed by atoms with Gasteiger partial charge in [-0.15, -0.1) is 10.2 Å². The van der Waals surface area contributed by atoms with E-state index in [-0.39, 0.29) is 11.7 Å². The molecule has 172 valence electrons. The highest BCUT2D eigenvalue weighted by atomic mass is 16.5. The first-order valence-electron chi connectivity index (χ1n) is 11.4. The molecule has 9 heteroatoms. The number of H-pyrrole nitrogens is 1. The highest BCUT2D eigenvalue weighted by molar-refractivity contribution is 5.77. The number of piperidine rings is 1. The monoisotopic (exact) mass is 456 g/mol. The number of para-hydroxylation sites is 2. The van der Waals surface area contributed by atoms with E-state index in [2.05, 4.69) is 25.2 Å². The normalized spacial score (nSPS) is 15.3. The Kier molecular flexibility index (Phi) is 5.10. The van der Waals surface area contributed by atoms with Crippen LogP contribution in [0.4, 0.5) is 0 Å². The van der Waals surface area contributed by atoms with E-state index >= 15 is 0 Å². The van der Waals surface area contributed by atoms with E-state index < -0.39 is 0 Å². The highest BCUT2D eigenvalue weighted by Crippen LogP contribution is 2.33.